The number of aromatic nitrogens is 1. The molecule has 4 bridgehead atoms. The van der Waals surface area contributed by atoms with Crippen LogP contribution in [0.3, 0.4) is 0 Å². The number of nitrogens with one attached hydrogen (secondary N) is 2. The van der Waals surface area contributed by atoms with Gasteiger partial charge in [0.1, 0.15) is 5.69 Å². The molecule has 7 rings (SSSR count). The molecule has 170 valence electrons. The van der Waals surface area contributed by atoms with Crippen LogP contribution in [0.4, 0.5) is 0 Å². The summed E-state index contributed by atoms with van der Waals surface area (Å²) in [5.41, 5.74) is 1.70. The van der Waals surface area contributed by atoms with E-state index in [2.05, 4.69) is 15.2 Å². The van der Waals surface area contributed by atoms with Crippen molar-refractivity contribution >= 4 is 22.7 Å². The first kappa shape index (κ1) is 20.3. The number of carbonyl (C=O) groups is 2. The number of hydrogen-bond donors (Lipinski definition) is 2. The predicted molar refractivity (Wildman–Crippen MR) is 124 cm³/mol. The van der Waals surface area contributed by atoms with Gasteiger partial charge in [0.15, 0.2) is 0 Å². The van der Waals surface area contributed by atoms with Crippen molar-refractivity contribution in [2.75, 3.05) is 26.2 Å². The minimum Gasteiger partial charge on any atom is -0.351 e. The summed E-state index contributed by atoms with van der Waals surface area (Å²) < 4.78 is 0. The van der Waals surface area contributed by atoms with Crippen LogP contribution in [0.1, 0.15) is 55.9 Å². The van der Waals surface area contributed by atoms with Crippen LogP contribution in [0.15, 0.2) is 30.3 Å². The molecule has 0 radical (unpaired) electrons. The van der Waals surface area contributed by atoms with Crippen LogP contribution in [0.5, 0.6) is 0 Å². The van der Waals surface area contributed by atoms with E-state index in [-0.39, 0.29) is 23.4 Å². The fourth-order valence-corrected chi connectivity index (χ4v) is 7.47. The normalized spacial score (nSPS) is 32.9. The fourth-order valence-electron chi connectivity index (χ4n) is 7.47. The maximum atomic E-state index is 13.2. The summed E-state index contributed by atoms with van der Waals surface area (Å²) in [6.45, 7) is 4.82. The van der Waals surface area contributed by atoms with E-state index in [0.29, 0.717) is 18.8 Å². The van der Waals surface area contributed by atoms with Crippen molar-refractivity contribution in [1.29, 1.82) is 0 Å². The van der Waals surface area contributed by atoms with Crippen molar-refractivity contribution < 1.29 is 9.59 Å². The first-order chi connectivity index (χ1) is 15.5. The lowest BCUT2D eigenvalue weighted by molar-refractivity contribution is -0.132. The second-order valence-corrected chi connectivity index (χ2v) is 11.0. The van der Waals surface area contributed by atoms with Crippen LogP contribution >= 0.6 is 0 Å². The smallest absolute Gasteiger partial charge is 0.270 e. The first-order valence-corrected chi connectivity index (χ1v) is 12.4. The Bertz CT molecular complexity index is 967. The zero-order valence-electron chi connectivity index (χ0n) is 19.0. The summed E-state index contributed by atoms with van der Waals surface area (Å²) >= 11 is 0. The van der Waals surface area contributed by atoms with Gasteiger partial charge < -0.3 is 15.2 Å². The van der Waals surface area contributed by atoms with E-state index < -0.39 is 0 Å². The van der Waals surface area contributed by atoms with Gasteiger partial charge in [-0.2, -0.15) is 0 Å². The third-order valence-electron chi connectivity index (χ3n) is 8.72. The van der Waals surface area contributed by atoms with Crippen molar-refractivity contribution in [2.24, 2.45) is 17.8 Å². The van der Waals surface area contributed by atoms with Crippen LogP contribution < -0.4 is 5.32 Å². The molecule has 1 aromatic heterocycles. The van der Waals surface area contributed by atoms with Crippen molar-refractivity contribution in [3.8, 4) is 0 Å². The Morgan fingerprint density at radius 3 is 2.25 bits per heavy atom. The third kappa shape index (κ3) is 3.53. The summed E-state index contributed by atoms with van der Waals surface area (Å²) in [6.07, 6.45) is 7.71. The summed E-state index contributed by atoms with van der Waals surface area (Å²) in [5.74, 6) is 2.72. The minimum atomic E-state index is -0.145. The quantitative estimate of drug-likeness (QED) is 0.775. The van der Waals surface area contributed by atoms with E-state index in [1.807, 2.05) is 42.2 Å². The van der Waals surface area contributed by atoms with Crippen LogP contribution in [-0.2, 0) is 4.79 Å². The third-order valence-corrected chi connectivity index (χ3v) is 8.72. The molecule has 1 unspecified atom stereocenters. The van der Waals surface area contributed by atoms with E-state index >= 15 is 0 Å². The Morgan fingerprint density at radius 2 is 1.62 bits per heavy atom. The summed E-state index contributed by atoms with van der Waals surface area (Å²) in [4.78, 5) is 33.6. The highest BCUT2D eigenvalue weighted by Crippen LogP contribution is 2.55. The number of para-hydroxylation sites is 1. The lowest BCUT2D eigenvalue weighted by Gasteiger charge is -2.57. The highest BCUT2D eigenvalue weighted by atomic mass is 16.2. The topological polar surface area (TPSA) is 68.4 Å². The molecule has 6 heteroatoms. The Hall–Kier alpha value is -2.34. The highest BCUT2D eigenvalue weighted by Gasteiger charge is 2.51. The molecule has 1 atom stereocenters. The van der Waals surface area contributed by atoms with Crippen molar-refractivity contribution in [1.82, 2.24) is 20.1 Å². The van der Waals surface area contributed by atoms with Crippen LogP contribution in [0.25, 0.3) is 10.9 Å². The molecule has 4 saturated carbocycles. The monoisotopic (exact) mass is 434 g/mol. The SMILES string of the molecule is CC(C(=O)NC12CC3CC(CC(C3)C1)C2)N1CCN(C(=O)c2cc3ccccc3[nH]2)CC1. The van der Waals surface area contributed by atoms with Crippen LogP contribution in [0, 0.1) is 17.8 Å². The summed E-state index contributed by atoms with van der Waals surface area (Å²) in [5, 5.41) is 4.59. The summed E-state index contributed by atoms with van der Waals surface area (Å²) in [6, 6.07) is 9.76. The summed E-state index contributed by atoms with van der Waals surface area (Å²) in [7, 11) is 0. The number of rotatable bonds is 4. The molecule has 2 aromatic rings. The van der Waals surface area contributed by atoms with E-state index in [1.165, 1.54) is 38.5 Å². The van der Waals surface area contributed by atoms with Gasteiger partial charge in [-0.15, -0.1) is 0 Å². The molecule has 2 amide bonds. The highest BCUT2D eigenvalue weighted by molar-refractivity contribution is 5.98. The zero-order valence-corrected chi connectivity index (χ0v) is 19.0. The van der Waals surface area contributed by atoms with E-state index in [4.69, 9.17) is 0 Å². The molecule has 1 aliphatic heterocycles. The zero-order chi connectivity index (χ0) is 21.9. The Balaban J connectivity index is 1.06. The van der Waals surface area contributed by atoms with Gasteiger partial charge in [-0.1, -0.05) is 18.2 Å². The van der Waals surface area contributed by atoms with Crippen molar-refractivity contribution in [2.45, 2.75) is 57.0 Å². The second-order valence-electron chi connectivity index (χ2n) is 11.0. The van der Waals surface area contributed by atoms with Gasteiger partial charge in [0, 0.05) is 42.6 Å². The van der Waals surface area contributed by atoms with Crippen LogP contribution in [-0.4, -0.2) is 64.4 Å². The first-order valence-electron chi connectivity index (χ1n) is 12.4. The van der Waals surface area contributed by atoms with E-state index in [9.17, 15) is 9.59 Å². The molecule has 1 saturated heterocycles. The molecule has 32 heavy (non-hydrogen) atoms. The Morgan fingerprint density at radius 1 is 1.00 bits per heavy atom. The molecule has 6 nitrogen and oxygen atoms in total. The Kier molecular flexibility index (Phi) is 4.83. The maximum absolute atomic E-state index is 13.2. The maximum Gasteiger partial charge on any atom is 0.270 e. The fraction of sp³-hybridized carbons (Fsp3) is 0.615. The number of H-pyrrole nitrogens is 1. The van der Waals surface area contributed by atoms with E-state index in [0.717, 1.165) is 41.7 Å². The van der Waals surface area contributed by atoms with Gasteiger partial charge in [-0.05, 0) is 75.3 Å². The molecule has 5 aliphatic rings. The molecule has 0 spiro atoms. The molecule has 2 heterocycles. The minimum absolute atomic E-state index is 0.0477. The van der Waals surface area contributed by atoms with Crippen molar-refractivity contribution in [3.63, 3.8) is 0 Å². The number of amides is 2. The van der Waals surface area contributed by atoms with Gasteiger partial charge in [-0.25, -0.2) is 0 Å². The lowest BCUT2D eigenvalue weighted by Crippen LogP contribution is -2.63. The molecule has 4 aliphatic carbocycles. The van der Waals surface area contributed by atoms with Gasteiger partial charge >= 0.3 is 0 Å². The average molecular weight is 435 g/mol. The van der Waals surface area contributed by atoms with Gasteiger partial charge in [-0.3, -0.25) is 14.5 Å². The number of benzene rings is 1. The number of piperazine rings is 1. The largest absolute Gasteiger partial charge is 0.351 e. The van der Waals surface area contributed by atoms with E-state index in [1.54, 1.807) is 0 Å². The molecule has 2 N–H and O–H groups in total. The average Bonchev–Trinajstić information content (AvgIpc) is 3.21. The van der Waals surface area contributed by atoms with Gasteiger partial charge in [0.05, 0.1) is 6.04 Å². The predicted octanol–water partition coefficient (Wildman–Crippen LogP) is 3.40. The lowest BCUT2D eigenvalue weighted by atomic mass is 9.53. The van der Waals surface area contributed by atoms with Gasteiger partial charge in [0.2, 0.25) is 5.91 Å². The van der Waals surface area contributed by atoms with Crippen molar-refractivity contribution in [3.05, 3.63) is 36.0 Å². The number of hydrogen-bond acceptors (Lipinski definition) is 3. The molecule has 5 fully saturated rings. The number of carbonyl (C=O) groups excluding carboxylic acids is 2. The number of nitrogens with zero attached hydrogens (tertiary/aromatic N) is 2. The molecular weight excluding hydrogens is 400 g/mol. The second kappa shape index (κ2) is 7.62. The Labute approximate surface area is 189 Å². The van der Waals surface area contributed by atoms with Gasteiger partial charge in [0.25, 0.3) is 5.91 Å². The van der Waals surface area contributed by atoms with Crippen LogP contribution in [0.2, 0.25) is 0 Å². The standard InChI is InChI=1S/C26H34N4O2/c1-17(24(31)28-26-14-18-10-19(15-26)12-20(11-18)16-26)29-6-8-30(9-7-29)25(32)23-13-21-4-2-3-5-22(21)27-23/h2-5,13,17-20,27H,6-12,14-16H2,1H3,(H,28,31). The number of aromatic amines is 1. The molecular formula is C26H34N4O2. The number of fused-ring (bicyclic) bond motifs is 1. The molecule has 1 aromatic carbocycles.